The van der Waals surface area contributed by atoms with E-state index in [0.717, 1.165) is 6.42 Å². The van der Waals surface area contributed by atoms with Crippen molar-refractivity contribution in [3.05, 3.63) is 65.2 Å². The average Bonchev–Trinajstić information content (AvgIpc) is 2.95. The molecular formula is C30H43F3N4O4S. The monoisotopic (exact) mass is 612 g/mol. The van der Waals surface area contributed by atoms with E-state index in [1.807, 2.05) is 0 Å². The molecule has 4 atom stereocenters. The molecule has 1 fully saturated rings. The Labute approximate surface area is 246 Å². The van der Waals surface area contributed by atoms with E-state index in [9.17, 15) is 22.0 Å². The second kappa shape index (κ2) is 15.8. The number of anilines is 1. The highest BCUT2D eigenvalue weighted by Gasteiger charge is 2.42. The van der Waals surface area contributed by atoms with Gasteiger partial charge < -0.3 is 26.4 Å². The first-order chi connectivity index (χ1) is 20.0. The first kappa shape index (κ1) is 34.0. The summed E-state index contributed by atoms with van der Waals surface area (Å²) < 4.78 is 70.2. The van der Waals surface area contributed by atoms with Gasteiger partial charge in [-0.3, -0.25) is 9.18 Å². The number of carbonyl (C=O) groups excluding carboxylic acids is 1. The van der Waals surface area contributed by atoms with E-state index in [0.29, 0.717) is 49.2 Å². The van der Waals surface area contributed by atoms with E-state index < -0.39 is 45.5 Å². The van der Waals surface area contributed by atoms with Crippen molar-refractivity contribution in [1.82, 2.24) is 10.6 Å². The van der Waals surface area contributed by atoms with Gasteiger partial charge in [-0.1, -0.05) is 18.2 Å². The summed E-state index contributed by atoms with van der Waals surface area (Å²) in [5.74, 6) is -1.34. The third-order valence-corrected chi connectivity index (χ3v) is 8.98. The molecule has 3 rings (SSSR count). The van der Waals surface area contributed by atoms with Gasteiger partial charge >= 0.3 is 0 Å². The number of methoxy groups -OCH3 is 1. The van der Waals surface area contributed by atoms with Crippen LogP contribution in [-0.4, -0.2) is 77.9 Å². The summed E-state index contributed by atoms with van der Waals surface area (Å²) in [6.45, 7) is 0.698. The van der Waals surface area contributed by atoms with Crippen LogP contribution in [0.3, 0.4) is 0 Å². The molecule has 0 radical (unpaired) electrons. The van der Waals surface area contributed by atoms with Crippen molar-refractivity contribution in [3.63, 3.8) is 0 Å². The third kappa shape index (κ3) is 9.50. The van der Waals surface area contributed by atoms with E-state index in [-0.39, 0.29) is 37.3 Å². The fourth-order valence-corrected chi connectivity index (χ4v) is 6.31. The molecule has 2 aromatic rings. The predicted molar refractivity (Wildman–Crippen MR) is 159 cm³/mol. The molecule has 0 spiro atoms. The van der Waals surface area contributed by atoms with Gasteiger partial charge in [0, 0.05) is 61.0 Å². The highest BCUT2D eigenvalue weighted by atomic mass is 32.2. The second-order valence-corrected chi connectivity index (χ2v) is 13.4. The van der Waals surface area contributed by atoms with Gasteiger partial charge in [0.2, 0.25) is 5.91 Å². The van der Waals surface area contributed by atoms with Crippen LogP contribution in [0.25, 0.3) is 0 Å². The number of hydrogen-bond acceptors (Lipinski definition) is 7. The van der Waals surface area contributed by atoms with Crippen molar-refractivity contribution in [2.75, 3.05) is 50.8 Å². The molecule has 0 aliphatic carbocycles. The van der Waals surface area contributed by atoms with Crippen LogP contribution in [0.5, 0.6) is 0 Å². The number of amides is 1. The molecule has 0 saturated carbocycles. The number of piperazine rings is 1. The van der Waals surface area contributed by atoms with Crippen molar-refractivity contribution < 1.29 is 31.1 Å². The van der Waals surface area contributed by atoms with Crippen molar-refractivity contribution in [2.45, 2.75) is 62.1 Å². The molecule has 0 aromatic heterocycles. The Hall–Kier alpha value is -2.51. The highest BCUT2D eigenvalue weighted by Crippen LogP contribution is 2.34. The quantitative estimate of drug-likeness (QED) is 0.230. The second-order valence-electron chi connectivity index (χ2n) is 11.1. The lowest BCUT2D eigenvalue weighted by Crippen LogP contribution is -2.55. The molecular weight excluding hydrogens is 569 g/mol. The van der Waals surface area contributed by atoms with Gasteiger partial charge in [-0.2, -0.15) is 0 Å². The molecule has 0 bridgehead atoms. The van der Waals surface area contributed by atoms with Crippen molar-refractivity contribution in [3.8, 4) is 0 Å². The van der Waals surface area contributed by atoms with Crippen molar-refractivity contribution in [1.29, 1.82) is 0 Å². The molecule has 1 amide bonds. The minimum atomic E-state index is -2.99. The number of ether oxygens (including phenoxy) is 1. The molecule has 1 heterocycles. The Bertz CT molecular complexity index is 1260. The van der Waals surface area contributed by atoms with Crippen LogP contribution < -0.4 is 21.7 Å². The van der Waals surface area contributed by atoms with Crippen LogP contribution in [0, 0.1) is 11.6 Å². The largest absolute Gasteiger partial charge is 0.384 e. The van der Waals surface area contributed by atoms with Crippen LogP contribution in [0.2, 0.25) is 0 Å². The van der Waals surface area contributed by atoms with Gasteiger partial charge in [0.05, 0.1) is 19.3 Å². The Morgan fingerprint density at radius 3 is 2.36 bits per heavy atom. The molecule has 1 aliphatic heterocycles. The number of nitrogens with two attached hydrogens (primary N) is 1. The molecule has 2 aromatic carbocycles. The number of hydrogen-bond donors (Lipinski definition) is 4. The molecule has 1 aliphatic rings. The lowest BCUT2D eigenvalue weighted by atomic mass is 9.71. The summed E-state index contributed by atoms with van der Waals surface area (Å²) in [5.41, 5.74) is 6.59. The Kier molecular flexibility index (Phi) is 12.8. The maximum Gasteiger partial charge on any atom is 0.242 e. The van der Waals surface area contributed by atoms with Crippen molar-refractivity contribution >= 4 is 21.4 Å². The first-order valence-electron chi connectivity index (χ1n) is 14.3. The maximum absolute atomic E-state index is 15.0. The summed E-state index contributed by atoms with van der Waals surface area (Å²) in [5, 5.41) is 9.67. The molecule has 42 heavy (non-hydrogen) atoms. The average molecular weight is 613 g/mol. The van der Waals surface area contributed by atoms with Crippen LogP contribution in [0.15, 0.2) is 42.5 Å². The Morgan fingerprint density at radius 1 is 1.10 bits per heavy atom. The van der Waals surface area contributed by atoms with E-state index >= 15 is 4.39 Å². The highest BCUT2D eigenvalue weighted by molar-refractivity contribution is 7.90. The summed E-state index contributed by atoms with van der Waals surface area (Å²) in [6, 6.07) is 9.06. The number of rotatable bonds is 16. The predicted octanol–water partition coefficient (Wildman–Crippen LogP) is 3.25. The number of carbonyl (C=O) groups is 1. The number of sulfone groups is 1. The number of alkyl halides is 1. The zero-order valence-electron chi connectivity index (χ0n) is 24.3. The van der Waals surface area contributed by atoms with Crippen LogP contribution >= 0.6 is 0 Å². The summed E-state index contributed by atoms with van der Waals surface area (Å²) in [7, 11) is -1.53. The SMILES string of the molecule is COCC(CCCF)(c1ccc(F)cc1)[C@H](N)C(=O)Nc1cccc(F)c1CC[C@H]1CNC(CCCS(C)(=O)=O)CN1. The fourth-order valence-electron chi connectivity index (χ4n) is 5.62. The van der Waals surface area contributed by atoms with Crippen LogP contribution in [0.1, 0.15) is 43.2 Å². The minimum absolute atomic E-state index is 0.00116. The zero-order valence-corrected chi connectivity index (χ0v) is 25.1. The lowest BCUT2D eigenvalue weighted by molar-refractivity contribution is -0.119. The fraction of sp³-hybridized carbons (Fsp3) is 0.567. The molecule has 2 unspecified atom stereocenters. The number of nitrogens with one attached hydrogen (secondary N) is 3. The van der Waals surface area contributed by atoms with Gasteiger partial charge in [-0.05, 0) is 68.4 Å². The van der Waals surface area contributed by atoms with Crippen LogP contribution in [0.4, 0.5) is 18.9 Å². The lowest BCUT2D eigenvalue weighted by Gasteiger charge is -2.38. The molecule has 1 saturated heterocycles. The third-order valence-electron chi connectivity index (χ3n) is 7.95. The normalized spacial score (nSPS) is 19.7. The van der Waals surface area contributed by atoms with Gasteiger partial charge in [0.15, 0.2) is 0 Å². The van der Waals surface area contributed by atoms with E-state index in [4.69, 9.17) is 10.5 Å². The zero-order chi connectivity index (χ0) is 30.8. The van der Waals surface area contributed by atoms with Crippen LogP contribution in [-0.2, 0) is 31.2 Å². The van der Waals surface area contributed by atoms with Gasteiger partial charge in [-0.15, -0.1) is 0 Å². The van der Waals surface area contributed by atoms with E-state index in [1.165, 1.54) is 49.8 Å². The van der Waals surface area contributed by atoms with Gasteiger partial charge in [-0.25, -0.2) is 17.2 Å². The van der Waals surface area contributed by atoms with Crippen molar-refractivity contribution in [2.24, 2.45) is 5.73 Å². The maximum atomic E-state index is 15.0. The standard InChI is InChI=1S/C30H43F3N4O4S/c1-41-20-30(15-5-16-31,21-9-11-22(32)12-10-21)28(34)29(38)37-27-8-3-7-26(33)25(27)14-13-24-19-35-23(18-36-24)6-4-17-42(2,39)40/h3,7-12,23-24,28,35-36H,4-6,13-20,34H2,1-2H3,(H,37,38)/t23?,24-,28+,30?/m0/s1. The number of benzene rings is 2. The molecule has 234 valence electrons. The van der Waals surface area contributed by atoms with E-state index in [2.05, 4.69) is 16.0 Å². The minimum Gasteiger partial charge on any atom is -0.384 e. The summed E-state index contributed by atoms with van der Waals surface area (Å²) in [4.78, 5) is 13.5. The van der Waals surface area contributed by atoms with Gasteiger partial charge in [0.1, 0.15) is 21.5 Å². The van der Waals surface area contributed by atoms with Gasteiger partial charge in [0.25, 0.3) is 0 Å². The topological polar surface area (TPSA) is 123 Å². The molecule has 12 heteroatoms. The summed E-state index contributed by atoms with van der Waals surface area (Å²) >= 11 is 0. The molecule has 5 N–H and O–H groups in total. The first-order valence-corrected chi connectivity index (χ1v) is 16.3. The number of halogens is 3. The Morgan fingerprint density at radius 2 is 1.76 bits per heavy atom. The summed E-state index contributed by atoms with van der Waals surface area (Å²) in [6.07, 6.45) is 3.81. The smallest absolute Gasteiger partial charge is 0.242 e. The van der Waals surface area contributed by atoms with E-state index in [1.54, 1.807) is 6.07 Å². The Balaban J connectivity index is 1.69. The molecule has 8 nitrogen and oxygen atoms in total.